The number of hydrogen-bond donors (Lipinski definition) is 21. The number of fused-ring (bicyclic) bond motifs is 2. The highest BCUT2D eigenvalue weighted by Gasteiger charge is 2.48. The SMILES string of the molecule is CCCCCCCCCCCCC[C@@H]1CC(=O)N[C@H]([C@@H](C)O)C(=O)N[C@H](C)C(=O)N[C@@H](Cc2ccc(O)cc2)C(=O)N[C@@H](C(C)C)C(=O)N2C[C@H](O)C[C@H]2C(=O)N[C@H]([C@@H](C)O)C(=O)N[C@@H]([C@@H](C)O)C(=O)N2CC[C@H](O)[C@H]2C(=O)N[C@@H]([C@H](O)CC(N)=O)C(=O)NCC(=O)N[C@H]([C@@H](C)O)C(=O)N[C@@H](CCCNC(=O)CO)C(=O)O1. The lowest BCUT2D eigenvalue weighted by Crippen LogP contribution is -2.64. The number of unbranched alkanes of at least 4 members (excludes halogenated alkanes) is 10. The lowest BCUT2D eigenvalue weighted by Gasteiger charge is -2.34. The number of aliphatic hydroxyl groups excluding tert-OH is 8. The molecule has 0 aromatic heterocycles. The maximum Gasteiger partial charge on any atom is 0.328 e. The average Bonchev–Trinajstić information content (AvgIpc) is 1.64. The van der Waals surface area contributed by atoms with Crippen LogP contribution in [-0.2, 0) is 83.1 Å². The summed E-state index contributed by atoms with van der Waals surface area (Å²) in [7, 11) is 0. The number of amides is 14. The average molecular weight is 1590 g/mol. The highest BCUT2D eigenvalue weighted by molar-refractivity contribution is 6.00. The van der Waals surface area contributed by atoms with E-state index in [1.165, 1.54) is 45.0 Å². The number of nitrogens with one attached hydrogen (secondary N) is 11. The number of ether oxygens (including phenoxy) is 1. The van der Waals surface area contributed by atoms with Crippen LogP contribution in [0, 0.1) is 5.92 Å². The number of rotatable bonds is 27. The number of phenolic OH excluding ortho intramolecular Hbond substituents is 1. The lowest BCUT2D eigenvalue weighted by atomic mass is 9.99. The summed E-state index contributed by atoms with van der Waals surface area (Å²) in [6, 6.07) is -14.8. The zero-order valence-electron chi connectivity index (χ0n) is 64.9. The summed E-state index contributed by atoms with van der Waals surface area (Å²) >= 11 is 0. The molecule has 0 aliphatic carbocycles. The van der Waals surface area contributed by atoms with Crippen molar-refractivity contribution < 1.29 is 123 Å². The summed E-state index contributed by atoms with van der Waals surface area (Å²) in [4.78, 5) is 212. The van der Waals surface area contributed by atoms with Crippen LogP contribution in [0.4, 0.5) is 0 Å². The smallest absolute Gasteiger partial charge is 0.328 e. The maximum atomic E-state index is 14.8. The third kappa shape index (κ3) is 30.7. The first-order valence-electron chi connectivity index (χ1n) is 38.3. The zero-order valence-corrected chi connectivity index (χ0v) is 64.9. The summed E-state index contributed by atoms with van der Waals surface area (Å²) in [6.45, 7) is 7.41. The van der Waals surface area contributed by atoms with Gasteiger partial charge < -0.3 is 125 Å². The molecule has 39 nitrogen and oxygen atoms in total. The van der Waals surface area contributed by atoms with Crippen LogP contribution >= 0.6 is 0 Å². The Morgan fingerprint density at radius 1 is 0.562 bits per heavy atom. The Kier molecular flexibility index (Phi) is 40.2. The fraction of sp³-hybridized carbons (Fsp3) is 0.712. The molecule has 1 aromatic rings. The molecule has 4 rings (SSSR count). The van der Waals surface area contributed by atoms with Gasteiger partial charge in [-0.25, -0.2) is 4.79 Å². The molecule has 1 aromatic carbocycles. The van der Waals surface area contributed by atoms with Gasteiger partial charge in [0, 0.05) is 32.5 Å². The highest BCUT2D eigenvalue weighted by Crippen LogP contribution is 2.25. The summed E-state index contributed by atoms with van der Waals surface area (Å²) in [5.41, 5.74) is 5.69. The van der Waals surface area contributed by atoms with Gasteiger partial charge in [0.05, 0.1) is 62.1 Å². The molecule has 3 aliphatic rings. The van der Waals surface area contributed by atoms with E-state index in [4.69, 9.17) is 10.5 Å². The van der Waals surface area contributed by atoms with E-state index in [9.17, 15) is 118 Å². The van der Waals surface area contributed by atoms with Gasteiger partial charge in [0.25, 0.3) is 0 Å². The van der Waals surface area contributed by atoms with Crippen molar-refractivity contribution in [2.75, 3.05) is 32.8 Å². The van der Waals surface area contributed by atoms with Crippen molar-refractivity contribution in [1.29, 1.82) is 0 Å². The fourth-order valence-corrected chi connectivity index (χ4v) is 13.0. The van der Waals surface area contributed by atoms with Gasteiger partial charge in [-0.05, 0) is 90.3 Å². The maximum absolute atomic E-state index is 14.8. The van der Waals surface area contributed by atoms with E-state index in [0.717, 1.165) is 90.4 Å². The molecule has 3 fully saturated rings. The number of aromatic hydroxyl groups is 1. The summed E-state index contributed by atoms with van der Waals surface area (Å²) < 4.78 is 5.96. The lowest BCUT2D eigenvalue weighted by molar-refractivity contribution is -0.155. The van der Waals surface area contributed by atoms with Gasteiger partial charge in [0.2, 0.25) is 82.7 Å². The third-order valence-corrected chi connectivity index (χ3v) is 19.4. The Balaban J connectivity index is 1.83. The highest BCUT2D eigenvalue weighted by atomic mass is 16.5. The van der Waals surface area contributed by atoms with E-state index >= 15 is 0 Å². The Morgan fingerprint density at radius 2 is 1.07 bits per heavy atom. The minimum absolute atomic E-state index is 0.00939. The van der Waals surface area contributed by atoms with E-state index in [1.807, 2.05) is 0 Å². The van der Waals surface area contributed by atoms with E-state index in [0.29, 0.717) is 23.3 Å². The van der Waals surface area contributed by atoms with Gasteiger partial charge in [-0.2, -0.15) is 0 Å². The minimum Gasteiger partial charge on any atom is -0.508 e. The number of cyclic esters (lactones) is 1. The molecule has 3 aliphatic heterocycles. The van der Waals surface area contributed by atoms with Crippen molar-refractivity contribution in [3.05, 3.63) is 29.8 Å². The predicted octanol–water partition coefficient (Wildman–Crippen LogP) is -6.32. The molecule has 0 bridgehead atoms. The Morgan fingerprint density at radius 3 is 1.63 bits per heavy atom. The Bertz CT molecular complexity index is 3350. The first kappa shape index (κ1) is 95.1. The molecule has 14 amide bonds. The first-order chi connectivity index (χ1) is 52.8. The van der Waals surface area contributed by atoms with Gasteiger partial charge >= 0.3 is 5.97 Å². The van der Waals surface area contributed by atoms with E-state index in [2.05, 4.69) is 65.4 Å². The van der Waals surface area contributed by atoms with Crippen LogP contribution in [0.5, 0.6) is 5.75 Å². The number of benzene rings is 1. The second-order valence-electron chi connectivity index (χ2n) is 29.4. The van der Waals surface area contributed by atoms with Crippen molar-refractivity contribution in [3.63, 3.8) is 0 Å². The van der Waals surface area contributed by atoms with Crippen molar-refractivity contribution in [2.24, 2.45) is 11.7 Å². The number of esters is 1. The van der Waals surface area contributed by atoms with E-state index in [1.54, 1.807) is 0 Å². The summed E-state index contributed by atoms with van der Waals surface area (Å²) in [5, 5.41) is 123. The topological polar surface area (TPSA) is 612 Å². The molecule has 0 saturated carbocycles. The van der Waals surface area contributed by atoms with Crippen LogP contribution in [-0.4, -0.2) is 293 Å². The van der Waals surface area contributed by atoms with Gasteiger partial charge in [-0.15, -0.1) is 0 Å². The molecular formula is C73H118N14O25. The summed E-state index contributed by atoms with van der Waals surface area (Å²) in [5.74, 6) is -18.4. The number of aliphatic hydroxyl groups is 8. The molecule has 112 heavy (non-hydrogen) atoms. The standard InChI is InChI=1S/C73H118N14O25/c1-9-10-11-12-13-14-15-16-17-18-19-21-46-32-53(98)80-57(39(5)89)67(105)77-38(4)63(101)79-48(30-43-23-25-44(93)26-24-43)64(102)82-56(37(2)3)71(109)87-35-45(94)31-49(87)65(103)83-59(41(7)91)69(107)84-60(42(8)92)72(110)86-29-27-50(95)62(86)70(108)85-61(51(96)33-52(74)97)66(104)76-34-54(99)81-58(40(6)90)68(106)78-47(73(111)112-46)22-20-28-75-55(100)36-88/h23-26,37-42,45-51,56-62,88-96H,9-22,27-36H2,1-8H3,(H2,74,97)(H,75,100)(H,76,104)(H,77,105)(H,78,106)(H,79,101)(H,80,98)(H,81,99)(H,82,102)(H,83,103)(H,84,107)(H,85,108)/t38-,39-,40-,41-,42-,45-,46-,47+,48+,49+,50+,51-,56+,57-,58-,59-,60+,61+,62+/m1/s1. The molecule has 3 saturated heterocycles. The largest absolute Gasteiger partial charge is 0.508 e. The summed E-state index contributed by atoms with van der Waals surface area (Å²) in [6.07, 6.45) is -7.09. The number of carbonyl (C=O) groups excluding carboxylic acids is 15. The van der Waals surface area contributed by atoms with Gasteiger partial charge in [-0.3, -0.25) is 67.1 Å². The molecule has 0 unspecified atom stereocenters. The molecule has 3 heterocycles. The number of nitrogens with two attached hydrogens (primary N) is 1. The monoisotopic (exact) mass is 1590 g/mol. The van der Waals surface area contributed by atoms with Crippen LogP contribution in [0.15, 0.2) is 24.3 Å². The van der Waals surface area contributed by atoms with Crippen molar-refractivity contribution in [1.82, 2.24) is 68.3 Å². The second kappa shape index (κ2) is 47.3. The number of hydrogen-bond acceptors (Lipinski definition) is 25. The normalized spacial score (nSPS) is 27.5. The molecule has 22 N–H and O–H groups in total. The number of phenols is 1. The Hall–Kier alpha value is -9.25. The van der Waals surface area contributed by atoms with Crippen LogP contribution in [0.2, 0.25) is 0 Å². The van der Waals surface area contributed by atoms with Crippen molar-refractivity contribution in [2.45, 2.75) is 293 Å². The predicted molar refractivity (Wildman–Crippen MR) is 396 cm³/mol. The molecule has 630 valence electrons. The molecule has 0 spiro atoms. The molecule has 19 atom stereocenters. The van der Waals surface area contributed by atoms with Crippen molar-refractivity contribution >= 4 is 88.7 Å². The van der Waals surface area contributed by atoms with E-state index in [-0.39, 0.29) is 44.4 Å². The second-order valence-corrected chi connectivity index (χ2v) is 29.4. The molecular weight excluding hydrogens is 1470 g/mol. The van der Waals surface area contributed by atoms with Gasteiger partial charge in [0.15, 0.2) is 0 Å². The van der Waals surface area contributed by atoms with Gasteiger partial charge in [0.1, 0.15) is 84.9 Å². The number of primary amides is 1. The number of nitrogens with zero attached hydrogens (tertiary/aromatic N) is 2. The van der Waals surface area contributed by atoms with Crippen LogP contribution < -0.4 is 64.2 Å². The quantitative estimate of drug-likeness (QED) is 0.0288. The molecule has 39 heteroatoms. The van der Waals surface area contributed by atoms with Gasteiger partial charge in [-0.1, -0.05) is 97.1 Å². The Labute approximate surface area is 649 Å². The minimum atomic E-state index is -2.25. The fourth-order valence-electron chi connectivity index (χ4n) is 13.0. The first-order valence-corrected chi connectivity index (χ1v) is 38.3. The van der Waals surface area contributed by atoms with Crippen LogP contribution in [0.1, 0.15) is 177 Å². The van der Waals surface area contributed by atoms with E-state index < -0.39 is 255 Å². The number of carbonyl (C=O) groups is 15. The third-order valence-electron chi connectivity index (χ3n) is 19.4. The zero-order chi connectivity index (χ0) is 83.8. The van der Waals surface area contributed by atoms with Crippen LogP contribution in [0.25, 0.3) is 0 Å². The van der Waals surface area contributed by atoms with Crippen LogP contribution in [0.3, 0.4) is 0 Å². The molecule has 0 radical (unpaired) electrons. The van der Waals surface area contributed by atoms with Crippen molar-refractivity contribution in [3.8, 4) is 5.75 Å².